The van der Waals surface area contributed by atoms with Gasteiger partial charge in [0.2, 0.25) is 5.91 Å². The quantitative estimate of drug-likeness (QED) is 0.551. The molecule has 0 radical (unpaired) electrons. The van der Waals surface area contributed by atoms with Crippen LogP contribution in [0.2, 0.25) is 5.02 Å². The molecule has 5 nitrogen and oxygen atoms in total. The van der Waals surface area contributed by atoms with Gasteiger partial charge >= 0.3 is 0 Å². The molecule has 2 aromatic rings. The lowest BCUT2D eigenvalue weighted by atomic mass is 10.0. The van der Waals surface area contributed by atoms with E-state index in [0.29, 0.717) is 28.9 Å². The van der Waals surface area contributed by atoms with Gasteiger partial charge in [0.05, 0.1) is 10.6 Å². The summed E-state index contributed by atoms with van der Waals surface area (Å²) in [5.41, 5.74) is 0.440. The number of nitrogens with zero attached hydrogens (tertiary/aromatic N) is 2. The number of carbonyl (C=O) groups excluding carboxylic acids is 2. The van der Waals surface area contributed by atoms with Crippen molar-refractivity contribution in [2.45, 2.75) is 50.1 Å². The Morgan fingerprint density at radius 3 is 2.78 bits per heavy atom. The highest BCUT2D eigenvalue weighted by Crippen LogP contribution is 2.44. The Bertz CT molecular complexity index is 924. The molecule has 1 N–H and O–H groups in total. The highest BCUT2D eigenvalue weighted by atomic mass is 35.5. The number of nitrogens with one attached hydrogen (secondary N) is 1. The van der Waals surface area contributed by atoms with Crippen molar-refractivity contribution < 1.29 is 9.59 Å². The van der Waals surface area contributed by atoms with Crippen LogP contribution >= 0.6 is 34.7 Å². The van der Waals surface area contributed by atoms with Crippen LogP contribution in [0.15, 0.2) is 41.8 Å². The minimum atomic E-state index is -0.509. The van der Waals surface area contributed by atoms with Gasteiger partial charge in [-0.2, -0.15) is 0 Å². The van der Waals surface area contributed by atoms with Crippen molar-refractivity contribution >= 4 is 46.5 Å². The molecule has 8 heteroatoms. The molecule has 172 valence electrons. The Morgan fingerprint density at radius 2 is 2.03 bits per heavy atom. The third-order valence-corrected chi connectivity index (χ3v) is 9.00. The maximum absolute atomic E-state index is 13.5. The smallest absolute Gasteiger partial charge is 0.257 e. The first-order valence-corrected chi connectivity index (χ1v) is 13.6. The standard InChI is InChI=1S/C24H30ClN3O2S2/c1-17-8-4-5-13-27(17)14-7-12-26-22(29)20-16-32-24(21-11-6-15-31-21)28(20)23(30)18-9-2-3-10-19(18)25/h2-3,6,9-11,15,17,20,24H,4-5,7-8,12-14,16H2,1H3,(H,26,29). The zero-order valence-corrected chi connectivity index (χ0v) is 20.7. The van der Waals surface area contributed by atoms with E-state index < -0.39 is 6.04 Å². The lowest BCUT2D eigenvalue weighted by Gasteiger charge is -2.33. The summed E-state index contributed by atoms with van der Waals surface area (Å²) in [4.78, 5) is 32.0. The zero-order valence-electron chi connectivity index (χ0n) is 18.3. The Labute approximate surface area is 203 Å². The number of piperidine rings is 1. The number of halogens is 1. The number of likely N-dealkylation sites (tertiary alicyclic amines) is 1. The molecular formula is C24H30ClN3O2S2. The third-order valence-electron chi connectivity index (χ3n) is 6.29. The van der Waals surface area contributed by atoms with E-state index in [-0.39, 0.29) is 17.2 Å². The summed E-state index contributed by atoms with van der Waals surface area (Å²) >= 11 is 9.57. The van der Waals surface area contributed by atoms with Crippen molar-refractivity contribution in [1.29, 1.82) is 0 Å². The molecular weight excluding hydrogens is 462 g/mol. The molecule has 0 bridgehead atoms. The molecule has 1 aromatic heterocycles. The van der Waals surface area contributed by atoms with Gasteiger partial charge in [-0.25, -0.2) is 0 Å². The van der Waals surface area contributed by atoms with Crippen molar-refractivity contribution in [3.8, 4) is 0 Å². The number of benzene rings is 1. The average Bonchev–Trinajstić information content (AvgIpc) is 3.47. The summed E-state index contributed by atoms with van der Waals surface area (Å²) in [5.74, 6) is 0.304. The SMILES string of the molecule is CC1CCCCN1CCCNC(=O)C1CSC(c2cccs2)N1C(=O)c1ccccc1Cl. The van der Waals surface area contributed by atoms with Crippen molar-refractivity contribution in [3.05, 3.63) is 57.2 Å². The number of thiophene rings is 1. The van der Waals surface area contributed by atoms with Gasteiger partial charge in [0.25, 0.3) is 5.91 Å². The maximum atomic E-state index is 13.5. The highest BCUT2D eigenvalue weighted by Gasteiger charge is 2.43. The first-order chi connectivity index (χ1) is 15.6. The normalized spacial score (nSPS) is 23.9. The van der Waals surface area contributed by atoms with E-state index in [1.807, 2.05) is 23.6 Å². The number of carbonyl (C=O) groups is 2. The number of hydrogen-bond donors (Lipinski definition) is 1. The van der Waals surface area contributed by atoms with Crippen LogP contribution in [0, 0.1) is 0 Å². The van der Waals surface area contributed by atoms with Crippen LogP contribution in [0.3, 0.4) is 0 Å². The van der Waals surface area contributed by atoms with Crippen LogP contribution in [-0.4, -0.2) is 59.1 Å². The number of thioether (sulfide) groups is 1. The number of hydrogen-bond acceptors (Lipinski definition) is 5. The predicted octanol–water partition coefficient (Wildman–Crippen LogP) is 5.04. The van der Waals surface area contributed by atoms with Crippen LogP contribution in [0.4, 0.5) is 0 Å². The summed E-state index contributed by atoms with van der Waals surface area (Å²) in [6, 6.07) is 11.2. The van der Waals surface area contributed by atoms with Crippen LogP contribution in [0.5, 0.6) is 0 Å². The van der Waals surface area contributed by atoms with E-state index in [2.05, 4.69) is 17.1 Å². The largest absolute Gasteiger partial charge is 0.354 e. The van der Waals surface area contributed by atoms with Crippen LogP contribution in [-0.2, 0) is 4.79 Å². The molecule has 4 rings (SSSR count). The second-order valence-corrected chi connectivity index (χ2v) is 10.9. The summed E-state index contributed by atoms with van der Waals surface area (Å²) < 4.78 is 0. The fourth-order valence-corrected chi connectivity index (χ4v) is 7.09. The number of rotatable bonds is 7. The fraction of sp³-hybridized carbons (Fsp3) is 0.500. The van der Waals surface area contributed by atoms with E-state index in [4.69, 9.17) is 11.6 Å². The highest BCUT2D eigenvalue weighted by molar-refractivity contribution is 7.99. The van der Waals surface area contributed by atoms with E-state index in [1.165, 1.54) is 19.3 Å². The molecule has 2 fully saturated rings. The topological polar surface area (TPSA) is 52.7 Å². The first kappa shape index (κ1) is 23.6. The van der Waals surface area contributed by atoms with Gasteiger partial charge in [0.15, 0.2) is 0 Å². The van der Waals surface area contributed by atoms with Crippen LogP contribution < -0.4 is 5.32 Å². The lowest BCUT2D eigenvalue weighted by molar-refractivity contribution is -0.124. The van der Waals surface area contributed by atoms with Crippen LogP contribution in [0.1, 0.15) is 53.2 Å². The average molecular weight is 492 g/mol. The second-order valence-electron chi connectivity index (χ2n) is 8.43. The summed E-state index contributed by atoms with van der Waals surface area (Å²) in [6.45, 7) is 5.06. The Balaban J connectivity index is 1.42. The minimum absolute atomic E-state index is 0.0800. The Hall–Kier alpha value is -1.54. The third kappa shape index (κ3) is 5.33. The van der Waals surface area contributed by atoms with Crippen LogP contribution in [0.25, 0.3) is 0 Å². The van der Waals surface area contributed by atoms with Crippen molar-refractivity contribution in [3.63, 3.8) is 0 Å². The van der Waals surface area contributed by atoms with E-state index in [9.17, 15) is 9.59 Å². The van der Waals surface area contributed by atoms with Gasteiger partial charge in [-0.15, -0.1) is 23.1 Å². The van der Waals surface area contributed by atoms with E-state index in [0.717, 1.165) is 24.4 Å². The monoisotopic (exact) mass is 491 g/mol. The molecule has 0 spiro atoms. The molecule has 3 atom stereocenters. The van der Waals surface area contributed by atoms with Gasteiger partial charge in [-0.1, -0.05) is 36.2 Å². The lowest BCUT2D eigenvalue weighted by Crippen LogP contribution is -2.48. The molecule has 2 aliphatic heterocycles. The molecule has 0 saturated carbocycles. The molecule has 3 heterocycles. The second kappa shape index (κ2) is 11.1. The van der Waals surface area contributed by atoms with Gasteiger partial charge in [-0.05, 0) is 56.3 Å². The molecule has 2 saturated heterocycles. The maximum Gasteiger partial charge on any atom is 0.257 e. The fourth-order valence-electron chi connectivity index (χ4n) is 4.48. The zero-order chi connectivity index (χ0) is 22.5. The van der Waals surface area contributed by atoms with Crippen molar-refractivity contribution in [1.82, 2.24) is 15.1 Å². The van der Waals surface area contributed by atoms with Gasteiger partial charge in [0, 0.05) is 29.8 Å². The number of amides is 2. The molecule has 2 aliphatic rings. The van der Waals surface area contributed by atoms with E-state index >= 15 is 0 Å². The summed E-state index contributed by atoms with van der Waals surface area (Å²) in [7, 11) is 0. The Morgan fingerprint density at radius 1 is 1.19 bits per heavy atom. The summed E-state index contributed by atoms with van der Waals surface area (Å²) in [5, 5.41) is 5.33. The van der Waals surface area contributed by atoms with Crippen molar-refractivity contribution in [2.24, 2.45) is 0 Å². The van der Waals surface area contributed by atoms with Gasteiger partial charge in [0.1, 0.15) is 11.4 Å². The van der Waals surface area contributed by atoms with Gasteiger partial charge < -0.3 is 15.1 Å². The minimum Gasteiger partial charge on any atom is -0.354 e. The van der Waals surface area contributed by atoms with E-state index in [1.54, 1.807) is 46.2 Å². The predicted molar refractivity (Wildman–Crippen MR) is 133 cm³/mol. The Kier molecular flexibility index (Phi) is 8.16. The molecule has 32 heavy (non-hydrogen) atoms. The molecule has 1 aromatic carbocycles. The molecule has 3 unspecified atom stereocenters. The summed E-state index contributed by atoms with van der Waals surface area (Å²) in [6.07, 6.45) is 4.76. The van der Waals surface area contributed by atoms with Gasteiger partial charge in [-0.3, -0.25) is 9.59 Å². The molecule has 0 aliphatic carbocycles. The van der Waals surface area contributed by atoms with Crippen molar-refractivity contribution in [2.75, 3.05) is 25.4 Å². The molecule has 2 amide bonds. The first-order valence-electron chi connectivity index (χ1n) is 11.3.